The van der Waals surface area contributed by atoms with Gasteiger partial charge in [-0.1, -0.05) is 48.5 Å². The van der Waals surface area contributed by atoms with Gasteiger partial charge in [0.05, 0.1) is 24.4 Å². The van der Waals surface area contributed by atoms with Crippen molar-refractivity contribution in [3.8, 4) is 0 Å². The molecule has 0 aliphatic heterocycles. The summed E-state index contributed by atoms with van der Waals surface area (Å²) in [7, 11) is 0. The van der Waals surface area contributed by atoms with Crippen LogP contribution in [0.2, 0.25) is 0 Å². The van der Waals surface area contributed by atoms with Gasteiger partial charge >= 0.3 is 0 Å². The molecule has 0 spiro atoms. The van der Waals surface area contributed by atoms with Crippen LogP contribution in [0, 0.1) is 28.6 Å². The van der Waals surface area contributed by atoms with Gasteiger partial charge in [-0.25, -0.2) is 0 Å². The quantitative estimate of drug-likeness (QED) is 0.263. The summed E-state index contributed by atoms with van der Waals surface area (Å²) in [5.74, 6) is 0.921. The van der Waals surface area contributed by atoms with Crippen LogP contribution < -0.4 is 11.5 Å². The smallest absolute Gasteiger partial charge is 0.0680 e. The molecule has 0 heterocycles. The van der Waals surface area contributed by atoms with E-state index in [1.807, 2.05) is 0 Å². The molecular weight excluding hydrogens is 424 g/mol. The molecule has 0 rings (SSSR count). The van der Waals surface area contributed by atoms with Gasteiger partial charge in [-0.2, -0.15) is 0 Å². The van der Waals surface area contributed by atoms with E-state index in [4.69, 9.17) is 25.7 Å². The predicted molar refractivity (Wildman–Crippen MR) is 147 cm³/mol. The maximum absolute atomic E-state index is 6.56. The third-order valence-corrected chi connectivity index (χ3v) is 9.57. The molecule has 4 N–H and O–H groups in total. The Balaban J connectivity index is 4.91. The highest BCUT2D eigenvalue weighted by Gasteiger charge is 2.44. The summed E-state index contributed by atoms with van der Waals surface area (Å²) in [4.78, 5) is 0. The summed E-state index contributed by atoms with van der Waals surface area (Å²) in [6.07, 6.45) is 0.911. The maximum atomic E-state index is 6.56. The zero-order valence-electron chi connectivity index (χ0n) is 25.6. The van der Waals surface area contributed by atoms with E-state index in [1.165, 1.54) is 0 Å². The molecule has 0 bridgehead atoms. The average molecular weight is 487 g/mol. The van der Waals surface area contributed by atoms with Crippen LogP contribution in [0.25, 0.3) is 0 Å². The molecule has 34 heavy (non-hydrogen) atoms. The van der Waals surface area contributed by atoms with Crippen molar-refractivity contribution in [2.45, 2.75) is 133 Å². The zero-order chi connectivity index (χ0) is 27.4. The summed E-state index contributed by atoms with van der Waals surface area (Å²) in [5.41, 5.74) is 11.3. The van der Waals surface area contributed by atoms with Crippen LogP contribution in [0.5, 0.6) is 0 Å². The van der Waals surface area contributed by atoms with Crippen molar-refractivity contribution in [1.82, 2.24) is 0 Å². The normalized spacial score (nSPS) is 17.6. The van der Waals surface area contributed by atoms with Gasteiger partial charge in [-0.15, -0.1) is 0 Å². The van der Waals surface area contributed by atoms with E-state index < -0.39 is 0 Å². The molecule has 206 valence electrons. The molecule has 0 saturated carbocycles. The van der Waals surface area contributed by atoms with Gasteiger partial charge in [0.2, 0.25) is 0 Å². The molecule has 0 saturated heterocycles. The molecule has 0 aliphatic carbocycles. The van der Waals surface area contributed by atoms with Gasteiger partial charge in [0.1, 0.15) is 0 Å². The Bertz CT molecular complexity index is 597. The Morgan fingerprint density at radius 3 is 1.41 bits per heavy atom. The van der Waals surface area contributed by atoms with Crippen molar-refractivity contribution < 1.29 is 14.2 Å². The Labute approximate surface area is 213 Å². The molecule has 5 heteroatoms. The summed E-state index contributed by atoms with van der Waals surface area (Å²) in [6, 6.07) is 0. The standard InChI is InChI=1S/C29H62N2O3/c1-21(18-32-19-22(2)26(8,9)30)25(6,7)29(14,15)33-17-16-24(4,5)28(12,13)34-20-23(3)27(10,11)31/h21-23H,16-20,30-31H2,1-15H3. The van der Waals surface area contributed by atoms with Crippen LogP contribution in [0.1, 0.15) is 110 Å². The lowest BCUT2D eigenvalue weighted by Crippen LogP contribution is -2.49. The number of ether oxygens (including phenoxy) is 3. The summed E-state index contributed by atoms with van der Waals surface area (Å²) >= 11 is 0. The number of hydrogen-bond donors (Lipinski definition) is 2. The van der Waals surface area contributed by atoms with Crippen LogP contribution in [-0.4, -0.2) is 48.7 Å². The Hall–Kier alpha value is -0.200. The highest BCUT2D eigenvalue weighted by atomic mass is 16.5. The molecule has 0 aromatic heterocycles. The van der Waals surface area contributed by atoms with E-state index in [-0.39, 0.29) is 39.0 Å². The fraction of sp³-hybridized carbons (Fsp3) is 1.00. The highest BCUT2D eigenvalue weighted by molar-refractivity contribution is 4.93. The molecule has 0 fully saturated rings. The van der Waals surface area contributed by atoms with E-state index >= 15 is 0 Å². The lowest BCUT2D eigenvalue weighted by atomic mass is 9.68. The van der Waals surface area contributed by atoms with Gasteiger partial charge in [-0.05, 0) is 90.4 Å². The van der Waals surface area contributed by atoms with Crippen molar-refractivity contribution >= 4 is 0 Å². The Morgan fingerprint density at radius 2 is 0.971 bits per heavy atom. The number of hydrogen-bond acceptors (Lipinski definition) is 5. The molecule has 0 aromatic rings. The van der Waals surface area contributed by atoms with Gasteiger partial charge in [0, 0.05) is 24.3 Å². The van der Waals surface area contributed by atoms with E-state index in [0.717, 1.165) is 6.42 Å². The average Bonchev–Trinajstić information content (AvgIpc) is 2.63. The third kappa shape index (κ3) is 9.69. The van der Waals surface area contributed by atoms with Gasteiger partial charge in [-0.3, -0.25) is 0 Å². The van der Waals surface area contributed by atoms with Crippen molar-refractivity contribution in [1.29, 1.82) is 0 Å². The zero-order valence-corrected chi connectivity index (χ0v) is 25.6. The SMILES string of the molecule is CC(COCC(C)C(C)(C)C(C)(C)OCCC(C)(C)C(C)(C)OCC(C)C(C)(C)N)C(C)(C)N. The van der Waals surface area contributed by atoms with Crippen LogP contribution in [-0.2, 0) is 14.2 Å². The minimum atomic E-state index is -0.298. The lowest BCUT2D eigenvalue weighted by Gasteiger charge is -2.47. The Morgan fingerprint density at radius 1 is 0.559 bits per heavy atom. The van der Waals surface area contributed by atoms with Crippen molar-refractivity contribution in [3.63, 3.8) is 0 Å². The second-order valence-corrected chi connectivity index (χ2v) is 14.4. The van der Waals surface area contributed by atoms with E-state index in [9.17, 15) is 0 Å². The first-order valence-corrected chi connectivity index (χ1v) is 13.3. The maximum Gasteiger partial charge on any atom is 0.0680 e. The Kier molecular flexibility index (Phi) is 11.8. The summed E-state index contributed by atoms with van der Waals surface area (Å²) in [6.45, 7) is 35.4. The molecule has 0 aromatic carbocycles. The second-order valence-electron chi connectivity index (χ2n) is 14.4. The fourth-order valence-corrected chi connectivity index (χ4v) is 3.23. The van der Waals surface area contributed by atoms with Gasteiger partial charge in [0.15, 0.2) is 0 Å². The van der Waals surface area contributed by atoms with Gasteiger partial charge in [0.25, 0.3) is 0 Å². The molecule has 5 nitrogen and oxygen atoms in total. The first kappa shape index (κ1) is 33.8. The predicted octanol–water partition coefficient (Wildman–Crippen LogP) is 6.42. The molecule has 0 amide bonds. The second kappa shape index (κ2) is 11.9. The highest BCUT2D eigenvalue weighted by Crippen LogP contribution is 2.43. The number of nitrogens with two attached hydrogens (primary N) is 2. The van der Waals surface area contributed by atoms with Crippen LogP contribution in [0.4, 0.5) is 0 Å². The van der Waals surface area contributed by atoms with Crippen LogP contribution in [0.3, 0.4) is 0 Å². The monoisotopic (exact) mass is 486 g/mol. The summed E-state index contributed by atoms with van der Waals surface area (Å²) in [5, 5.41) is 0. The topological polar surface area (TPSA) is 79.7 Å². The third-order valence-electron chi connectivity index (χ3n) is 9.57. The summed E-state index contributed by atoms with van der Waals surface area (Å²) < 4.78 is 19.0. The first-order chi connectivity index (χ1) is 14.9. The lowest BCUT2D eigenvalue weighted by molar-refractivity contribution is -0.153. The molecular formula is C29H62N2O3. The molecule has 0 radical (unpaired) electrons. The molecule has 3 unspecified atom stereocenters. The molecule has 0 aliphatic rings. The van der Waals surface area contributed by atoms with Crippen molar-refractivity contribution in [2.75, 3.05) is 26.4 Å². The van der Waals surface area contributed by atoms with Crippen LogP contribution in [0.15, 0.2) is 0 Å². The largest absolute Gasteiger partial charge is 0.381 e. The van der Waals surface area contributed by atoms with E-state index in [0.29, 0.717) is 38.3 Å². The minimum Gasteiger partial charge on any atom is -0.381 e. The minimum absolute atomic E-state index is 0.0500. The number of rotatable bonds is 16. The first-order valence-electron chi connectivity index (χ1n) is 13.3. The van der Waals surface area contributed by atoms with Gasteiger partial charge < -0.3 is 25.7 Å². The van der Waals surface area contributed by atoms with E-state index in [2.05, 4.69) is 104 Å². The van der Waals surface area contributed by atoms with Crippen molar-refractivity contribution in [2.24, 2.45) is 40.1 Å². The van der Waals surface area contributed by atoms with Crippen LogP contribution >= 0.6 is 0 Å². The molecule has 3 atom stereocenters. The van der Waals surface area contributed by atoms with Crippen molar-refractivity contribution in [3.05, 3.63) is 0 Å². The fourth-order valence-electron chi connectivity index (χ4n) is 3.23. The van der Waals surface area contributed by atoms with E-state index in [1.54, 1.807) is 0 Å².